The fourth-order valence-corrected chi connectivity index (χ4v) is 3.14. The van der Waals surface area contributed by atoms with Crippen LogP contribution in [0.3, 0.4) is 0 Å². The second-order valence-corrected chi connectivity index (χ2v) is 6.37. The molecule has 1 aliphatic heterocycles. The number of nitrogens with zero attached hydrogens (tertiary/aromatic N) is 2. The summed E-state index contributed by atoms with van der Waals surface area (Å²) in [5.41, 5.74) is 5.24. The first-order chi connectivity index (χ1) is 12.2. The van der Waals surface area contributed by atoms with E-state index in [-0.39, 0.29) is 5.56 Å². The molecular formula is C21H19N3O. The van der Waals surface area contributed by atoms with E-state index in [2.05, 4.69) is 47.2 Å². The summed E-state index contributed by atoms with van der Waals surface area (Å²) in [4.78, 5) is 24.3. The number of aryl methyl sites for hydroxylation is 2. The average molecular weight is 329 g/mol. The van der Waals surface area contributed by atoms with Crippen molar-refractivity contribution in [1.29, 1.82) is 0 Å². The molecule has 1 aromatic heterocycles. The number of benzene rings is 2. The highest BCUT2D eigenvalue weighted by atomic mass is 16.1. The number of aromatic amines is 1. The molecular weight excluding hydrogens is 310 g/mol. The van der Waals surface area contributed by atoms with Crippen molar-refractivity contribution in [3.63, 3.8) is 0 Å². The van der Waals surface area contributed by atoms with Crippen LogP contribution in [0.5, 0.6) is 0 Å². The SMILES string of the molecule is Cc1cccc(C2=CCC(CCc3nc4ccccc4c(=O)[nH]3)=N2)c1. The molecule has 25 heavy (non-hydrogen) atoms. The summed E-state index contributed by atoms with van der Waals surface area (Å²) >= 11 is 0. The summed E-state index contributed by atoms with van der Waals surface area (Å²) in [6.07, 6.45) is 4.52. The summed E-state index contributed by atoms with van der Waals surface area (Å²) in [6, 6.07) is 15.8. The Bertz CT molecular complexity index is 1060. The van der Waals surface area contributed by atoms with Gasteiger partial charge in [-0.15, -0.1) is 0 Å². The minimum atomic E-state index is -0.0764. The molecule has 3 aromatic rings. The Labute approximate surface area is 146 Å². The third-order valence-corrected chi connectivity index (χ3v) is 4.44. The van der Waals surface area contributed by atoms with Crippen LogP contribution in [0, 0.1) is 6.92 Å². The van der Waals surface area contributed by atoms with E-state index < -0.39 is 0 Å². The number of hydrogen-bond donors (Lipinski definition) is 1. The summed E-state index contributed by atoms with van der Waals surface area (Å²) in [7, 11) is 0. The number of fused-ring (bicyclic) bond motifs is 1. The minimum absolute atomic E-state index is 0.0764. The van der Waals surface area contributed by atoms with Gasteiger partial charge in [0.25, 0.3) is 5.56 Å². The fourth-order valence-electron chi connectivity index (χ4n) is 3.14. The van der Waals surface area contributed by atoms with Crippen LogP contribution in [0.2, 0.25) is 0 Å². The Hall–Kier alpha value is -3.01. The highest BCUT2D eigenvalue weighted by molar-refractivity contribution is 5.95. The molecule has 0 fully saturated rings. The van der Waals surface area contributed by atoms with Crippen LogP contribution in [-0.4, -0.2) is 15.7 Å². The monoisotopic (exact) mass is 329 g/mol. The van der Waals surface area contributed by atoms with Crippen LogP contribution in [0.1, 0.15) is 29.8 Å². The predicted molar refractivity (Wildman–Crippen MR) is 102 cm³/mol. The maximum Gasteiger partial charge on any atom is 0.258 e. The van der Waals surface area contributed by atoms with Gasteiger partial charge in [0.1, 0.15) is 5.82 Å². The second kappa shape index (κ2) is 6.48. The summed E-state index contributed by atoms with van der Waals surface area (Å²) in [6.45, 7) is 2.09. The lowest BCUT2D eigenvalue weighted by atomic mass is 10.1. The van der Waals surface area contributed by atoms with Crippen LogP contribution in [0.4, 0.5) is 0 Å². The van der Waals surface area contributed by atoms with Gasteiger partial charge in [-0.3, -0.25) is 9.79 Å². The van der Waals surface area contributed by atoms with Crippen LogP contribution < -0.4 is 5.56 Å². The number of hydrogen-bond acceptors (Lipinski definition) is 3. The van der Waals surface area contributed by atoms with E-state index in [4.69, 9.17) is 4.99 Å². The fraction of sp³-hybridized carbons (Fsp3) is 0.190. The number of para-hydroxylation sites is 1. The first-order valence-corrected chi connectivity index (χ1v) is 8.50. The van der Waals surface area contributed by atoms with Crippen LogP contribution >= 0.6 is 0 Å². The molecule has 0 saturated carbocycles. The van der Waals surface area contributed by atoms with Crippen molar-refractivity contribution in [1.82, 2.24) is 9.97 Å². The van der Waals surface area contributed by atoms with Gasteiger partial charge in [0.15, 0.2) is 0 Å². The Balaban J connectivity index is 1.49. The van der Waals surface area contributed by atoms with E-state index in [9.17, 15) is 4.79 Å². The van der Waals surface area contributed by atoms with Crippen molar-refractivity contribution in [2.24, 2.45) is 4.99 Å². The van der Waals surface area contributed by atoms with Gasteiger partial charge in [0.2, 0.25) is 0 Å². The lowest BCUT2D eigenvalue weighted by Crippen LogP contribution is -2.12. The van der Waals surface area contributed by atoms with Gasteiger partial charge in [0.05, 0.1) is 16.6 Å². The van der Waals surface area contributed by atoms with E-state index in [1.165, 1.54) is 5.56 Å². The molecule has 4 heteroatoms. The molecule has 2 aromatic carbocycles. The zero-order chi connectivity index (χ0) is 17.2. The van der Waals surface area contributed by atoms with E-state index in [0.29, 0.717) is 11.8 Å². The topological polar surface area (TPSA) is 58.1 Å². The molecule has 0 radical (unpaired) electrons. The summed E-state index contributed by atoms with van der Waals surface area (Å²) in [5, 5.41) is 0.632. The quantitative estimate of drug-likeness (QED) is 0.785. The van der Waals surface area contributed by atoms with Crippen molar-refractivity contribution in [3.05, 3.63) is 81.9 Å². The smallest absolute Gasteiger partial charge is 0.258 e. The number of rotatable bonds is 4. The minimum Gasteiger partial charge on any atom is -0.310 e. The summed E-state index contributed by atoms with van der Waals surface area (Å²) in [5.74, 6) is 0.718. The van der Waals surface area contributed by atoms with Gasteiger partial charge in [0, 0.05) is 24.1 Å². The van der Waals surface area contributed by atoms with Gasteiger partial charge < -0.3 is 4.98 Å². The number of allylic oxidation sites excluding steroid dienone is 1. The molecule has 0 aliphatic carbocycles. The molecule has 4 nitrogen and oxygen atoms in total. The standard InChI is InChI=1S/C21H19N3O/c1-14-5-4-6-15(13-14)18-11-9-16(22-18)10-12-20-23-19-8-3-2-7-17(19)21(25)24-20/h2-8,11,13H,9-10,12H2,1H3,(H,23,24,25). The number of H-pyrrole nitrogens is 1. The Morgan fingerprint density at radius 3 is 2.84 bits per heavy atom. The molecule has 2 heterocycles. The summed E-state index contributed by atoms with van der Waals surface area (Å²) < 4.78 is 0. The maximum absolute atomic E-state index is 12.1. The highest BCUT2D eigenvalue weighted by Crippen LogP contribution is 2.24. The second-order valence-electron chi connectivity index (χ2n) is 6.37. The third kappa shape index (κ3) is 3.29. The van der Waals surface area contributed by atoms with Gasteiger partial charge in [-0.25, -0.2) is 4.98 Å². The molecule has 0 amide bonds. The van der Waals surface area contributed by atoms with E-state index in [0.717, 1.165) is 41.2 Å². The van der Waals surface area contributed by atoms with Crippen molar-refractivity contribution < 1.29 is 0 Å². The molecule has 0 atom stereocenters. The number of aromatic nitrogens is 2. The highest BCUT2D eigenvalue weighted by Gasteiger charge is 2.12. The maximum atomic E-state index is 12.1. The lowest BCUT2D eigenvalue weighted by molar-refractivity contribution is 0.896. The lowest BCUT2D eigenvalue weighted by Gasteiger charge is -2.03. The Morgan fingerprint density at radius 2 is 1.96 bits per heavy atom. The molecule has 0 saturated heterocycles. The van der Waals surface area contributed by atoms with Crippen molar-refractivity contribution in [3.8, 4) is 0 Å². The molecule has 0 unspecified atom stereocenters. The third-order valence-electron chi connectivity index (χ3n) is 4.44. The molecule has 0 bridgehead atoms. The van der Waals surface area contributed by atoms with Gasteiger partial charge in [-0.05, 0) is 31.5 Å². The van der Waals surface area contributed by atoms with Crippen molar-refractivity contribution in [2.45, 2.75) is 26.2 Å². The normalized spacial score (nSPS) is 13.8. The molecule has 1 N–H and O–H groups in total. The average Bonchev–Trinajstić information content (AvgIpc) is 3.09. The molecule has 1 aliphatic rings. The molecule has 4 rings (SSSR count). The van der Waals surface area contributed by atoms with Crippen molar-refractivity contribution in [2.75, 3.05) is 0 Å². The van der Waals surface area contributed by atoms with Crippen molar-refractivity contribution >= 4 is 22.3 Å². The zero-order valence-electron chi connectivity index (χ0n) is 14.1. The van der Waals surface area contributed by atoms with Crippen LogP contribution in [-0.2, 0) is 6.42 Å². The van der Waals surface area contributed by atoms with Gasteiger partial charge >= 0.3 is 0 Å². The Morgan fingerprint density at radius 1 is 1.08 bits per heavy atom. The van der Waals surface area contributed by atoms with E-state index >= 15 is 0 Å². The number of aliphatic imine (C=N–C) groups is 1. The Kier molecular flexibility index (Phi) is 4.02. The van der Waals surface area contributed by atoms with Crippen LogP contribution in [0.25, 0.3) is 16.6 Å². The number of nitrogens with one attached hydrogen (secondary N) is 1. The molecule has 124 valence electrons. The van der Waals surface area contributed by atoms with E-state index in [1.807, 2.05) is 18.2 Å². The first kappa shape index (κ1) is 15.5. The van der Waals surface area contributed by atoms with Crippen LogP contribution in [0.15, 0.2) is 64.4 Å². The van der Waals surface area contributed by atoms with Gasteiger partial charge in [-0.2, -0.15) is 0 Å². The largest absolute Gasteiger partial charge is 0.310 e. The predicted octanol–water partition coefficient (Wildman–Crippen LogP) is 4.05. The van der Waals surface area contributed by atoms with Gasteiger partial charge in [-0.1, -0.05) is 42.0 Å². The zero-order valence-corrected chi connectivity index (χ0v) is 14.1. The first-order valence-electron chi connectivity index (χ1n) is 8.50. The molecule has 0 spiro atoms. The van der Waals surface area contributed by atoms with E-state index in [1.54, 1.807) is 6.07 Å².